The zero-order valence-corrected chi connectivity index (χ0v) is 30.4. The van der Waals surface area contributed by atoms with E-state index < -0.39 is 18.4 Å². The average Bonchev–Trinajstić information content (AvgIpc) is 3.66. The lowest BCUT2D eigenvalue weighted by Gasteiger charge is -2.31. The van der Waals surface area contributed by atoms with Crippen molar-refractivity contribution in [3.05, 3.63) is 59.7 Å². The van der Waals surface area contributed by atoms with Gasteiger partial charge in [0.05, 0.1) is 62.0 Å². The van der Waals surface area contributed by atoms with Gasteiger partial charge in [0, 0.05) is 37.2 Å². The van der Waals surface area contributed by atoms with E-state index in [2.05, 4.69) is 29.8 Å². The highest BCUT2D eigenvalue weighted by molar-refractivity contribution is 8.68. The van der Waals surface area contributed by atoms with E-state index in [9.17, 15) is 19.5 Å². The predicted octanol–water partition coefficient (Wildman–Crippen LogP) is 5.44. The Balaban J connectivity index is 1.09. The lowest BCUT2D eigenvalue weighted by molar-refractivity contribution is 0.0493. The fraction of sp³-hybridized carbons (Fsp3) is 0.444. The van der Waals surface area contributed by atoms with Crippen LogP contribution in [0.2, 0.25) is 0 Å². The molecule has 0 spiro atoms. The molecule has 3 amide bonds. The molecule has 6 rings (SSSR count). The monoisotopic (exact) mass is 738 g/mol. The highest BCUT2D eigenvalue weighted by atomic mass is 33.1. The minimum Gasteiger partial charge on any atom is -0.493 e. The topological polar surface area (TPSA) is 140 Å². The van der Waals surface area contributed by atoms with Gasteiger partial charge >= 0.3 is 6.09 Å². The molecule has 272 valence electrons. The summed E-state index contributed by atoms with van der Waals surface area (Å²) in [5.41, 5.74) is 3.15. The van der Waals surface area contributed by atoms with Gasteiger partial charge in [-0.1, -0.05) is 35.1 Å². The van der Waals surface area contributed by atoms with Crippen molar-refractivity contribution in [3.8, 4) is 23.0 Å². The molecule has 4 aliphatic rings. The fourth-order valence-electron chi connectivity index (χ4n) is 6.77. The van der Waals surface area contributed by atoms with Gasteiger partial charge in [0.15, 0.2) is 29.2 Å². The molecule has 2 saturated heterocycles. The summed E-state index contributed by atoms with van der Waals surface area (Å²) in [5, 5.41) is 11.4. The molecule has 2 fully saturated rings. The Morgan fingerprint density at radius 2 is 1.51 bits per heavy atom. The molecule has 0 radical (unpaired) electrons. The number of aliphatic hydroxyl groups is 1. The Labute approximate surface area is 306 Å². The van der Waals surface area contributed by atoms with E-state index in [-0.39, 0.29) is 42.3 Å². The maximum absolute atomic E-state index is 13.7. The van der Waals surface area contributed by atoms with Gasteiger partial charge in [-0.05, 0) is 44.2 Å². The molecule has 4 heterocycles. The van der Waals surface area contributed by atoms with Crippen LogP contribution in [0.5, 0.6) is 23.0 Å². The number of fused-ring (bicyclic) bond motifs is 4. The average molecular weight is 739 g/mol. The highest BCUT2D eigenvalue weighted by Crippen LogP contribution is 2.42. The maximum atomic E-state index is 13.7. The van der Waals surface area contributed by atoms with Crippen LogP contribution in [0.25, 0.3) is 0 Å². The van der Waals surface area contributed by atoms with E-state index in [1.54, 1.807) is 29.3 Å². The van der Waals surface area contributed by atoms with Crippen molar-refractivity contribution in [2.24, 2.45) is 4.99 Å². The number of hydrogen-bond acceptors (Lipinski definition) is 12. The molecular weight excluding hydrogens is 697 g/mol. The third-order valence-electron chi connectivity index (χ3n) is 9.29. The number of aliphatic hydroxyl groups excluding tert-OH is 1. The highest BCUT2D eigenvalue weighted by Gasteiger charge is 2.46. The van der Waals surface area contributed by atoms with E-state index >= 15 is 0 Å². The molecule has 0 saturated carbocycles. The largest absolute Gasteiger partial charge is 0.493 e. The summed E-state index contributed by atoms with van der Waals surface area (Å²) in [5.74, 6) is 1.59. The van der Waals surface area contributed by atoms with Crippen molar-refractivity contribution in [2.45, 2.75) is 50.4 Å². The van der Waals surface area contributed by atoms with E-state index in [0.29, 0.717) is 85.4 Å². The first-order valence-electron chi connectivity index (χ1n) is 16.7. The molecule has 2 aromatic carbocycles. The first kappa shape index (κ1) is 36.5. The molecule has 4 aliphatic heterocycles. The van der Waals surface area contributed by atoms with Crippen LogP contribution in [0.3, 0.4) is 0 Å². The van der Waals surface area contributed by atoms with Gasteiger partial charge in [0.25, 0.3) is 11.8 Å². The number of anilines is 1. The van der Waals surface area contributed by atoms with Crippen molar-refractivity contribution in [1.29, 1.82) is 0 Å². The van der Waals surface area contributed by atoms with Crippen LogP contribution in [-0.2, 0) is 4.74 Å². The molecule has 3 atom stereocenters. The van der Waals surface area contributed by atoms with Gasteiger partial charge in [0.1, 0.15) is 6.61 Å². The second kappa shape index (κ2) is 15.9. The Bertz CT molecular complexity index is 1750. The number of unbranched alkanes of at least 4 members (excludes halogenated alkanes) is 2. The molecule has 0 bridgehead atoms. The number of nitrogens with zero attached hydrogens (tertiary/aromatic N) is 4. The summed E-state index contributed by atoms with van der Waals surface area (Å²) in [6.45, 7) is 9.60. The third-order valence-corrected chi connectivity index (χ3v) is 10.2. The molecule has 51 heavy (non-hydrogen) atoms. The third kappa shape index (κ3) is 7.51. The molecule has 2 unspecified atom stereocenters. The second-order valence-electron chi connectivity index (χ2n) is 12.7. The molecule has 0 aliphatic carbocycles. The van der Waals surface area contributed by atoms with E-state index in [0.717, 1.165) is 22.5 Å². The molecule has 1 N–H and O–H groups in total. The number of thiol groups is 1. The SMILES string of the molecule is C=C1CC2C(O)N(C(=O)OCCSS)c3cc(OCCCCCOc4cc5c(cc4OC)C(=O)N4CC(=C)C[C@@H]4C=N5)c(OC)cc3C(=O)N2C1. The number of hydrogen-bond donors (Lipinski definition) is 2. The van der Waals surface area contributed by atoms with Gasteiger partial charge < -0.3 is 38.6 Å². The summed E-state index contributed by atoms with van der Waals surface area (Å²) in [6, 6.07) is 5.73. The molecule has 13 nitrogen and oxygen atoms in total. The van der Waals surface area contributed by atoms with E-state index in [4.69, 9.17) is 23.7 Å². The summed E-state index contributed by atoms with van der Waals surface area (Å²) < 4.78 is 28.8. The number of methoxy groups -OCH3 is 2. The first-order chi connectivity index (χ1) is 24.6. The number of carbonyl (C=O) groups is 3. The quantitative estimate of drug-likeness (QED) is 0.118. The fourth-order valence-corrected chi connectivity index (χ4v) is 7.15. The minimum absolute atomic E-state index is 0.0760. The number of amides is 3. The van der Waals surface area contributed by atoms with Gasteiger partial charge in [-0.3, -0.25) is 14.6 Å². The summed E-state index contributed by atoms with van der Waals surface area (Å²) in [7, 11) is 4.23. The second-order valence-corrected chi connectivity index (χ2v) is 14.2. The lowest BCUT2D eigenvalue weighted by Crippen LogP contribution is -2.51. The minimum atomic E-state index is -1.37. The van der Waals surface area contributed by atoms with Gasteiger partial charge in [-0.25, -0.2) is 9.69 Å². The normalized spacial score (nSPS) is 20.7. The summed E-state index contributed by atoms with van der Waals surface area (Å²) in [6.07, 6.45) is 2.83. The predicted molar refractivity (Wildman–Crippen MR) is 197 cm³/mol. The van der Waals surface area contributed by atoms with Crippen LogP contribution < -0.4 is 23.8 Å². The van der Waals surface area contributed by atoms with Gasteiger partial charge in [-0.2, -0.15) is 0 Å². The number of aliphatic imine (C=N–C) groups is 1. The number of carbonyl (C=O) groups excluding carboxylic acids is 3. The van der Waals surface area contributed by atoms with Crippen molar-refractivity contribution >= 4 is 58.0 Å². The van der Waals surface area contributed by atoms with Crippen molar-refractivity contribution < 1.29 is 43.2 Å². The Hall–Kier alpha value is -4.34. The smallest absolute Gasteiger partial charge is 0.416 e. The molecular formula is C36H42N4O9S2. The van der Waals surface area contributed by atoms with E-state index in [1.165, 1.54) is 36.0 Å². The van der Waals surface area contributed by atoms with Crippen LogP contribution >= 0.6 is 22.5 Å². The van der Waals surface area contributed by atoms with Crippen LogP contribution in [0, 0.1) is 0 Å². The summed E-state index contributed by atoms with van der Waals surface area (Å²) >= 11 is 4.09. The molecule has 0 aromatic heterocycles. The van der Waals surface area contributed by atoms with Crippen LogP contribution in [0.4, 0.5) is 16.2 Å². The number of rotatable bonds is 13. The maximum Gasteiger partial charge on any atom is 0.416 e. The van der Waals surface area contributed by atoms with Crippen LogP contribution in [0.15, 0.2) is 53.6 Å². The lowest BCUT2D eigenvalue weighted by atomic mass is 10.1. The number of benzene rings is 2. The van der Waals surface area contributed by atoms with Gasteiger partial charge in [-0.15, -0.1) is 11.7 Å². The zero-order valence-electron chi connectivity index (χ0n) is 28.7. The van der Waals surface area contributed by atoms with Gasteiger partial charge in [0.2, 0.25) is 0 Å². The summed E-state index contributed by atoms with van der Waals surface area (Å²) in [4.78, 5) is 49.3. The van der Waals surface area contributed by atoms with Crippen LogP contribution in [-0.4, -0.2) is 110 Å². The number of ether oxygens (including phenoxy) is 5. The molecule has 15 heteroatoms. The van der Waals surface area contributed by atoms with E-state index in [1.807, 2.05) is 0 Å². The van der Waals surface area contributed by atoms with Crippen LogP contribution in [0.1, 0.15) is 52.8 Å². The first-order valence-corrected chi connectivity index (χ1v) is 18.8. The molecule has 2 aromatic rings. The Morgan fingerprint density at radius 1 is 0.882 bits per heavy atom. The van der Waals surface area contributed by atoms with Crippen molar-refractivity contribution in [1.82, 2.24) is 9.80 Å². The zero-order chi connectivity index (χ0) is 36.2. The van der Waals surface area contributed by atoms with Crippen molar-refractivity contribution in [2.75, 3.05) is 57.8 Å². The standard InChI is InChI=1S/C36H42N4O9S2/c1-21-12-23-18-37-26-16-31(29(45-3)14-24(26)33(41)38(23)19-21)47-8-6-5-7-9-48-32-17-27-25(15-30(32)46-4)34(42)39-20-22(2)13-28(39)35(43)40(27)36(44)49-10-11-51-50/h14-18,23,28,35,43,50H,1-2,5-13,19-20H2,3-4H3/t23-,28?,35?/m1/s1. The Morgan fingerprint density at radius 3 is 2.20 bits per heavy atom. The van der Waals surface area contributed by atoms with Crippen molar-refractivity contribution in [3.63, 3.8) is 0 Å². The Kier molecular flexibility index (Phi) is 11.4.